The molecule has 4 nitrogen and oxygen atoms in total. The Morgan fingerprint density at radius 1 is 0.906 bits per heavy atom. The molecule has 0 spiro atoms. The van der Waals surface area contributed by atoms with E-state index in [2.05, 4.69) is 20.0 Å². The van der Waals surface area contributed by atoms with Crippen LogP contribution < -0.4 is 4.90 Å². The van der Waals surface area contributed by atoms with Crippen LogP contribution in [0.4, 0.5) is 23.4 Å². The highest BCUT2D eigenvalue weighted by Gasteiger charge is 2.30. The van der Waals surface area contributed by atoms with Gasteiger partial charge >= 0.3 is 6.18 Å². The molecule has 0 saturated carbocycles. The van der Waals surface area contributed by atoms with E-state index in [0.717, 1.165) is 61.7 Å². The minimum atomic E-state index is -4.31. The summed E-state index contributed by atoms with van der Waals surface area (Å²) in [5, 5.41) is 8.73. The van der Waals surface area contributed by atoms with Crippen LogP contribution in [0.3, 0.4) is 0 Å². The Kier molecular flexibility index (Phi) is 6.41. The summed E-state index contributed by atoms with van der Waals surface area (Å²) in [4.78, 5) is 4.43. The Hall–Kier alpha value is -3.00. The molecule has 0 bridgehead atoms. The summed E-state index contributed by atoms with van der Waals surface area (Å²) in [5.74, 6) is 0.494. The van der Waals surface area contributed by atoms with E-state index in [-0.39, 0.29) is 5.82 Å². The zero-order chi connectivity index (χ0) is 22.7. The van der Waals surface area contributed by atoms with Gasteiger partial charge < -0.3 is 4.90 Å². The van der Waals surface area contributed by atoms with Crippen molar-refractivity contribution in [1.82, 2.24) is 15.1 Å². The molecular weight excluding hydrogens is 420 g/mol. The highest BCUT2D eigenvalue weighted by Crippen LogP contribution is 2.29. The van der Waals surface area contributed by atoms with Gasteiger partial charge in [-0.1, -0.05) is 24.3 Å². The standard InChI is InChI=1S/C24H24F4N4/c1-17-14-22(19-4-2-5-21(25)15-19)29-30-23(17)32-11-3-10-31(12-13-32)16-18-6-8-20(9-7-18)24(26,27)28/h2,4-9,14-15H,3,10-13,16H2,1H3. The van der Waals surface area contributed by atoms with Gasteiger partial charge in [-0.3, -0.25) is 4.90 Å². The van der Waals surface area contributed by atoms with Gasteiger partial charge in [0.05, 0.1) is 11.3 Å². The smallest absolute Gasteiger partial charge is 0.354 e. The maximum absolute atomic E-state index is 13.5. The summed E-state index contributed by atoms with van der Waals surface area (Å²) < 4.78 is 51.8. The first-order chi connectivity index (χ1) is 15.3. The predicted molar refractivity (Wildman–Crippen MR) is 116 cm³/mol. The molecule has 1 aliphatic rings. The molecule has 1 aliphatic heterocycles. The van der Waals surface area contributed by atoms with Crippen LogP contribution in [0.5, 0.6) is 0 Å². The maximum Gasteiger partial charge on any atom is 0.416 e. The minimum absolute atomic E-state index is 0.313. The third-order valence-electron chi connectivity index (χ3n) is 5.65. The zero-order valence-electron chi connectivity index (χ0n) is 17.7. The Bertz CT molecular complexity index is 1070. The lowest BCUT2D eigenvalue weighted by Gasteiger charge is -2.24. The molecule has 0 N–H and O–H groups in total. The highest BCUT2D eigenvalue weighted by molar-refractivity contribution is 5.62. The summed E-state index contributed by atoms with van der Waals surface area (Å²) in [6.07, 6.45) is -3.40. The number of anilines is 1. The van der Waals surface area contributed by atoms with Gasteiger partial charge in [0.15, 0.2) is 5.82 Å². The number of hydrogen-bond acceptors (Lipinski definition) is 4. The van der Waals surface area contributed by atoms with E-state index in [1.807, 2.05) is 13.0 Å². The Morgan fingerprint density at radius 2 is 1.69 bits per heavy atom. The molecule has 168 valence electrons. The summed E-state index contributed by atoms with van der Waals surface area (Å²) in [5.41, 5.74) is 2.52. The van der Waals surface area contributed by atoms with Gasteiger partial charge in [-0.05, 0) is 54.8 Å². The van der Waals surface area contributed by atoms with Crippen molar-refractivity contribution in [2.24, 2.45) is 0 Å². The van der Waals surface area contributed by atoms with Gasteiger partial charge in [0, 0.05) is 38.3 Å². The molecule has 1 aromatic heterocycles. The van der Waals surface area contributed by atoms with E-state index in [1.54, 1.807) is 24.3 Å². The van der Waals surface area contributed by atoms with Crippen molar-refractivity contribution in [2.45, 2.75) is 26.1 Å². The molecule has 0 atom stereocenters. The van der Waals surface area contributed by atoms with Gasteiger partial charge in [0.2, 0.25) is 0 Å². The Balaban J connectivity index is 1.41. The van der Waals surface area contributed by atoms with Crippen molar-refractivity contribution in [3.05, 3.63) is 77.1 Å². The molecule has 1 fully saturated rings. The normalized spacial score (nSPS) is 15.6. The number of benzene rings is 2. The molecule has 4 rings (SSSR count). The number of nitrogens with zero attached hydrogens (tertiary/aromatic N) is 4. The quantitative estimate of drug-likeness (QED) is 0.510. The van der Waals surface area contributed by atoms with Gasteiger partial charge in [-0.2, -0.15) is 13.2 Å². The van der Waals surface area contributed by atoms with Gasteiger partial charge in [-0.15, -0.1) is 10.2 Å². The lowest BCUT2D eigenvalue weighted by molar-refractivity contribution is -0.137. The molecule has 2 aromatic carbocycles. The first-order valence-corrected chi connectivity index (χ1v) is 10.5. The number of aryl methyl sites for hydroxylation is 1. The van der Waals surface area contributed by atoms with E-state index in [4.69, 9.17) is 0 Å². The second kappa shape index (κ2) is 9.24. The lowest BCUT2D eigenvalue weighted by atomic mass is 10.1. The number of halogens is 4. The van der Waals surface area contributed by atoms with Crippen molar-refractivity contribution >= 4 is 5.82 Å². The highest BCUT2D eigenvalue weighted by atomic mass is 19.4. The SMILES string of the molecule is Cc1cc(-c2cccc(F)c2)nnc1N1CCCN(Cc2ccc(C(F)(F)F)cc2)CC1. The topological polar surface area (TPSA) is 32.3 Å². The third-order valence-corrected chi connectivity index (χ3v) is 5.65. The van der Waals surface area contributed by atoms with E-state index < -0.39 is 11.7 Å². The average Bonchev–Trinajstić information content (AvgIpc) is 2.99. The molecule has 3 aromatic rings. The fourth-order valence-electron chi connectivity index (χ4n) is 3.98. The van der Waals surface area contributed by atoms with Crippen molar-refractivity contribution in [3.8, 4) is 11.3 Å². The van der Waals surface area contributed by atoms with Gasteiger partial charge in [-0.25, -0.2) is 4.39 Å². The number of hydrogen-bond donors (Lipinski definition) is 0. The first-order valence-electron chi connectivity index (χ1n) is 10.5. The van der Waals surface area contributed by atoms with Crippen LogP contribution in [-0.2, 0) is 12.7 Å². The largest absolute Gasteiger partial charge is 0.416 e. The molecule has 1 saturated heterocycles. The van der Waals surface area contributed by atoms with Gasteiger partial charge in [0.1, 0.15) is 5.82 Å². The van der Waals surface area contributed by atoms with Crippen molar-refractivity contribution < 1.29 is 17.6 Å². The number of aromatic nitrogens is 2. The van der Waals surface area contributed by atoms with Crippen LogP contribution in [0.2, 0.25) is 0 Å². The fraction of sp³-hybridized carbons (Fsp3) is 0.333. The average molecular weight is 444 g/mol. The zero-order valence-corrected chi connectivity index (χ0v) is 17.7. The van der Waals surface area contributed by atoms with E-state index in [9.17, 15) is 17.6 Å². The summed E-state index contributed by atoms with van der Waals surface area (Å²) in [6.45, 7) is 5.76. The van der Waals surface area contributed by atoms with Crippen LogP contribution in [0.25, 0.3) is 11.3 Å². The summed E-state index contributed by atoms with van der Waals surface area (Å²) in [7, 11) is 0. The van der Waals surface area contributed by atoms with E-state index in [0.29, 0.717) is 17.8 Å². The van der Waals surface area contributed by atoms with E-state index >= 15 is 0 Å². The van der Waals surface area contributed by atoms with Gasteiger partial charge in [0.25, 0.3) is 0 Å². The first kappa shape index (κ1) is 22.2. The van der Waals surface area contributed by atoms with Crippen molar-refractivity contribution in [1.29, 1.82) is 0 Å². The summed E-state index contributed by atoms with van der Waals surface area (Å²) >= 11 is 0. The summed E-state index contributed by atoms with van der Waals surface area (Å²) in [6, 6.07) is 13.6. The third kappa shape index (κ3) is 5.24. The van der Waals surface area contributed by atoms with E-state index in [1.165, 1.54) is 12.1 Å². The van der Waals surface area contributed by atoms with Crippen LogP contribution in [0.15, 0.2) is 54.6 Å². The minimum Gasteiger partial charge on any atom is -0.354 e. The van der Waals surface area contributed by atoms with Crippen molar-refractivity contribution in [3.63, 3.8) is 0 Å². The lowest BCUT2D eigenvalue weighted by Crippen LogP contribution is -2.31. The van der Waals surface area contributed by atoms with Crippen molar-refractivity contribution in [2.75, 3.05) is 31.1 Å². The van der Waals surface area contributed by atoms with Crippen LogP contribution in [0.1, 0.15) is 23.1 Å². The Labute approximate surface area is 184 Å². The number of alkyl halides is 3. The molecule has 32 heavy (non-hydrogen) atoms. The maximum atomic E-state index is 13.5. The van der Waals surface area contributed by atoms with Crippen LogP contribution >= 0.6 is 0 Å². The second-order valence-corrected chi connectivity index (χ2v) is 8.06. The fourth-order valence-corrected chi connectivity index (χ4v) is 3.98. The molecular formula is C24H24F4N4. The molecule has 2 heterocycles. The molecule has 0 aliphatic carbocycles. The molecule has 0 amide bonds. The molecule has 0 unspecified atom stereocenters. The number of rotatable bonds is 4. The second-order valence-electron chi connectivity index (χ2n) is 8.06. The predicted octanol–water partition coefficient (Wildman–Crippen LogP) is 5.32. The molecule has 0 radical (unpaired) electrons. The monoisotopic (exact) mass is 444 g/mol. The van der Waals surface area contributed by atoms with Crippen LogP contribution in [0, 0.1) is 12.7 Å². The Morgan fingerprint density at radius 3 is 2.38 bits per heavy atom. The molecule has 8 heteroatoms. The van der Waals surface area contributed by atoms with Crippen LogP contribution in [-0.4, -0.2) is 41.3 Å².